The number of rotatable bonds is 5. The number of hydrogen-bond acceptors (Lipinski definition) is 6. The molecule has 0 bridgehead atoms. The fourth-order valence-electron chi connectivity index (χ4n) is 4.67. The molecule has 166 valence electrons. The van der Waals surface area contributed by atoms with Crippen LogP contribution in [0.5, 0.6) is 0 Å². The Bertz CT molecular complexity index is 1130. The first-order chi connectivity index (χ1) is 15.5. The Labute approximate surface area is 193 Å². The van der Waals surface area contributed by atoms with Gasteiger partial charge in [-0.1, -0.05) is 29.8 Å². The summed E-state index contributed by atoms with van der Waals surface area (Å²) in [5, 5.41) is 15.5. The van der Waals surface area contributed by atoms with E-state index in [9.17, 15) is 9.59 Å². The number of carboxylic acid groups (broad SMARTS) is 1. The van der Waals surface area contributed by atoms with E-state index in [-0.39, 0.29) is 17.8 Å². The number of carbonyl (C=O) groups is 2. The van der Waals surface area contributed by atoms with Crippen LogP contribution in [0.3, 0.4) is 0 Å². The summed E-state index contributed by atoms with van der Waals surface area (Å²) in [6, 6.07) is 6.96. The molecule has 3 heterocycles. The van der Waals surface area contributed by atoms with Crippen molar-refractivity contribution in [2.45, 2.75) is 25.6 Å². The first-order valence-electron chi connectivity index (χ1n) is 10.4. The van der Waals surface area contributed by atoms with Crippen LogP contribution in [-0.4, -0.2) is 56.0 Å². The maximum atomic E-state index is 12.7. The van der Waals surface area contributed by atoms with Gasteiger partial charge in [0.1, 0.15) is 0 Å². The van der Waals surface area contributed by atoms with Crippen molar-refractivity contribution in [1.29, 1.82) is 0 Å². The van der Waals surface area contributed by atoms with E-state index in [0.29, 0.717) is 36.6 Å². The molecule has 2 fully saturated rings. The molecule has 1 N–H and O–H groups in total. The molecule has 2 aromatic heterocycles. The van der Waals surface area contributed by atoms with Gasteiger partial charge in [0.15, 0.2) is 5.69 Å². The molecule has 2 unspecified atom stereocenters. The van der Waals surface area contributed by atoms with Crippen LogP contribution in [0.1, 0.15) is 28.9 Å². The number of aromatic carboxylic acids is 1. The number of carboxylic acids is 1. The van der Waals surface area contributed by atoms with Gasteiger partial charge >= 0.3 is 12.0 Å². The van der Waals surface area contributed by atoms with Gasteiger partial charge in [-0.05, 0) is 36.3 Å². The van der Waals surface area contributed by atoms with E-state index in [4.69, 9.17) is 21.4 Å². The Morgan fingerprint density at radius 3 is 2.66 bits per heavy atom. The zero-order chi connectivity index (χ0) is 22.2. The average molecular weight is 473 g/mol. The van der Waals surface area contributed by atoms with Crippen molar-refractivity contribution in [3.8, 4) is 11.3 Å². The maximum absolute atomic E-state index is 12.7. The number of aromatic nitrogens is 3. The zero-order valence-electron chi connectivity index (χ0n) is 17.1. The lowest BCUT2D eigenvalue weighted by molar-refractivity contribution is 0.0384. The van der Waals surface area contributed by atoms with Crippen molar-refractivity contribution in [3.05, 3.63) is 57.6 Å². The van der Waals surface area contributed by atoms with Crippen molar-refractivity contribution in [2.75, 3.05) is 13.1 Å². The number of ether oxygens (including phenoxy) is 1. The van der Waals surface area contributed by atoms with Crippen molar-refractivity contribution < 1.29 is 19.4 Å². The summed E-state index contributed by atoms with van der Waals surface area (Å²) in [4.78, 5) is 29.7. The highest BCUT2D eigenvalue weighted by atomic mass is 35.5. The topological polar surface area (TPSA) is 97.5 Å². The quantitative estimate of drug-likeness (QED) is 0.596. The van der Waals surface area contributed by atoms with Gasteiger partial charge in [-0.25, -0.2) is 14.6 Å². The smallest absolute Gasteiger partial charge is 0.356 e. The van der Waals surface area contributed by atoms with Crippen molar-refractivity contribution in [2.24, 2.45) is 11.8 Å². The monoisotopic (exact) mass is 472 g/mol. The fraction of sp³-hybridized carbons (Fsp3) is 0.364. The number of fused-ring (bicyclic) bond motifs is 1. The van der Waals surface area contributed by atoms with E-state index in [1.165, 1.54) is 23.6 Å². The summed E-state index contributed by atoms with van der Waals surface area (Å²) < 4.78 is 7.31. The number of hydrogen-bond donors (Lipinski definition) is 1. The van der Waals surface area contributed by atoms with Gasteiger partial charge < -0.3 is 14.7 Å². The summed E-state index contributed by atoms with van der Waals surface area (Å²) in [5.74, 6) is -0.405. The van der Waals surface area contributed by atoms with Crippen LogP contribution in [0.15, 0.2) is 41.4 Å². The Morgan fingerprint density at radius 1 is 1.22 bits per heavy atom. The molecular weight excluding hydrogens is 452 g/mol. The molecule has 8 nitrogen and oxygen atoms in total. The molecule has 32 heavy (non-hydrogen) atoms. The average Bonchev–Trinajstić information content (AvgIpc) is 3.56. The molecule has 1 saturated heterocycles. The molecule has 1 aromatic carbocycles. The molecule has 2 atom stereocenters. The predicted octanol–water partition coefficient (Wildman–Crippen LogP) is 4.25. The first-order valence-corrected chi connectivity index (χ1v) is 11.7. The lowest BCUT2D eigenvalue weighted by atomic mass is 10.0. The third-order valence-corrected chi connectivity index (χ3v) is 7.28. The highest BCUT2D eigenvalue weighted by Crippen LogP contribution is 2.40. The third-order valence-electron chi connectivity index (χ3n) is 6.24. The molecule has 1 saturated carbocycles. The van der Waals surface area contributed by atoms with Crippen LogP contribution in [-0.2, 0) is 11.3 Å². The molecule has 2 aliphatic rings. The minimum atomic E-state index is -1.15. The number of halogens is 1. The van der Waals surface area contributed by atoms with Gasteiger partial charge in [-0.2, -0.15) is 9.78 Å². The number of thiazole rings is 1. The number of benzene rings is 1. The number of carbonyl (C=O) groups excluding carboxylic acids is 1. The fourth-order valence-corrected chi connectivity index (χ4v) is 5.50. The second-order valence-electron chi connectivity index (χ2n) is 8.22. The van der Waals surface area contributed by atoms with Crippen LogP contribution in [0.4, 0.5) is 4.79 Å². The maximum Gasteiger partial charge on any atom is 0.356 e. The summed E-state index contributed by atoms with van der Waals surface area (Å²) >= 11 is 8.15. The van der Waals surface area contributed by atoms with Crippen LogP contribution < -0.4 is 0 Å². The molecule has 1 amide bonds. The molecule has 3 aromatic rings. The van der Waals surface area contributed by atoms with Crippen LogP contribution in [0.25, 0.3) is 11.3 Å². The third kappa shape index (κ3) is 4.03. The zero-order valence-corrected chi connectivity index (χ0v) is 18.6. The van der Waals surface area contributed by atoms with E-state index in [1.54, 1.807) is 10.4 Å². The normalized spacial score (nSPS) is 22.3. The summed E-state index contributed by atoms with van der Waals surface area (Å²) in [6.07, 6.45) is 3.30. The lowest BCUT2D eigenvalue weighted by Crippen LogP contribution is -2.34. The second-order valence-corrected chi connectivity index (χ2v) is 9.31. The van der Waals surface area contributed by atoms with Crippen molar-refractivity contribution in [1.82, 2.24) is 19.7 Å². The summed E-state index contributed by atoms with van der Waals surface area (Å²) in [6.45, 7) is 1.70. The first kappa shape index (κ1) is 21.1. The van der Waals surface area contributed by atoms with E-state index in [1.807, 2.05) is 23.6 Å². The Balaban J connectivity index is 1.16. The molecule has 0 radical (unpaired) electrons. The largest absolute Gasteiger partial charge is 0.476 e. The Morgan fingerprint density at radius 2 is 2.00 bits per heavy atom. The number of likely N-dealkylation sites (tertiary alicyclic amines) is 1. The molecule has 1 aliphatic heterocycles. The minimum absolute atomic E-state index is 0.129. The molecule has 10 heteroatoms. The van der Waals surface area contributed by atoms with Crippen LogP contribution in [0, 0.1) is 11.8 Å². The summed E-state index contributed by atoms with van der Waals surface area (Å²) in [7, 11) is 0. The van der Waals surface area contributed by atoms with Crippen molar-refractivity contribution >= 4 is 34.9 Å². The Hall–Kier alpha value is -2.75. The van der Waals surface area contributed by atoms with Crippen molar-refractivity contribution in [3.63, 3.8) is 0 Å². The van der Waals surface area contributed by atoms with Crippen LogP contribution >= 0.6 is 22.9 Å². The van der Waals surface area contributed by atoms with Gasteiger partial charge in [0, 0.05) is 30.2 Å². The highest BCUT2D eigenvalue weighted by molar-refractivity contribution is 7.07. The van der Waals surface area contributed by atoms with Crippen LogP contribution in [0.2, 0.25) is 5.02 Å². The highest BCUT2D eigenvalue weighted by Gasteiger charge is 2.43. The number of nitrogens with zero attached hydrogens (tertiary/aromatic N) is 4. The van der Waals surface area contributed by atoms with Gasteiger partial charge in [0.2, 0.25) is 0 Å². The molecular formula is C22H21ClN4O4S. The molecule has 0 spiro atoms. The van der Waals surface area contributed by atoms with Gasteiger partial charge in [0.25, 0.3) is 0 Å². The molecule has 5 rings (SSSR count). The molecule has 1 aliphatic carbocycles. The summed E-state index contributed by atoms with van der Waals surface area (Å²) in [5.41, 5.74) is 4.38. The second kappa shape index (κ2) is 8.65. The van der Waals surface area contributed by atoms with Gasteiger partial charge in [-0.15, -0.1) is 11.3 Å². The van der Waals surface area contributed by atoms with Gasteiger partial charge in [0.05, 0.1) is 28.9 Å². The lowest BCUT2D eigenvalue weighted by Gasteiger charge is -2.19. The predicted molar refractivity (Wildman–Crippen MR) is 119 cm³/mol. The van der Waals surface area contributed by atoms with E-state index in [0.717, 1.165) is 34.3 Å². The van der Waals surface area contributed by atoms with E-state index in [2.05, 4.69) is 10.1 Å². The van der Waals surface area contributed by atoms with Gasteiger partial charge in [-0.3, -0.25) is 0 Å². The number of amides is 1. The van der Waals surface area contributed by atoms with E-state index < -0.39 is 5.97 Å². The minimum Gasteiger partial charge on any atom is -0.476 e. The SMILES string of the molecule is O=C(O)c1ccn(C(=O)N2CC3CC(OCc4cccc(-c5cscn5)c4Cl)CC3C2)n1. The standard InChI is InChI=1S/C22H21ClN4O4S/c23-20-13(2-1-3-17(20)19-11-32-12-24-19)10-31-16-6-14-8-26(9-15(14)7-16)22(30)27-5-4-18(25-27)21(28)29/h1-5,11-12,14-16H,6-10H2,(H,28,29). The Kier molecular flexibility index (Phi) is 5.71. The van der Waals surface area contributed by atoms with E-state index >= 15 is 0 Å².